The molecule has 1 atom stereocenters. The highest BCUT2D eigenvalue weighted by molar-refractivity contribution is 4.71. The predicted molar refractivity (Wildman–Crippen MR) is 74.8 cm³/mol. The van der Waals surface area contributed by atoms with Crippen LogP contribution in [0, 0.1) is 0 Å². The average Bonchev–Trinajstić information content (AvgIpc) is 2.64. The molecule has 0 amide bonds. The van der Waals surface area contributed by atoms with Crippen LogP contribution in [0.2, 0.25) is 0 Å². The van der Waals surface area contributed by atoms with Crippen molar-refractivity contribution in [2.45, 2.75) is 89.1 Å². The summed E-state index contributed by atoms with van der Waals surface area (Å²) in [6.45, 7) is 1.48. The molecule has 2 aliphatic rings. The molecule has 1 unspecified atom stereocenters. The van der Waals surface area contributed by atoms with Gasteiger partial charge in [0.1, 0.15) is 6.61 Å². The largest absolute Gasteiger partial charge is 0.257 e. The van der Waals surface area contributed by atoms with E-state index in [1.54, 1.807) is 0 Å². The van der Waals surface area contributed by atoms with E-state index in [1.165, 1.54) is 39.0 Å². The smallest absolute Gasteiger partial charge is 0.249 e. The molecule has 6 heteroatoms. The van der Waals surface area contributed by atoms with Crippen LogP contribution in [0.3, 0.4) is 0 Å². The summed E-state index contributed by atoms with van der Waals surface area (Å²) in [4.78, 5) is 25.7. The van der Waals surface area contributed by atoms with Gasteiger partial charge in [-0.25, -0.2) is 10.1 Å². The van der Waals surface area contributed by atoms with Gasteiger partial charge >= 0.3 is 0 Å². The molecule has 21 heavy (non-hydrogen) atoms. The first-order valence-corrected chi connectivity index (χ1v) is 8.18. The van der Waals surface area contributed by atoms with Gasteiger partial charge in [-0.1, -0.05) is 44.9 Å². The van der Waals surface area contributed by atoms with Gasteiger partial charge in [-0.15, -0.1) is 0 Å². The van der Waals surface area contributed by atoms with Crippen molar-refractivity contribution in [2.75, 3.05) is 6.61 Å². The Kier molecular flexibility index (Phi) is 6.85. The van der Waals surface area contributed by atoms with Crippen molar-refractivity contribution in [3.05, 3.63) is 0 Å². The molecule has 0 bridgehead atoms. The van der Waals surface area contributed by atoms with Gasteiger partial charge in [0, 0.05) is 12.8 Å². The Morgan fingerprint density at radius 3 is 1.81 bits per heavy atom. The Balaban J connectivity index is 1.94. The van der Waals surface area contributed by atoms with Gasteiger partial charge in [-0.05, 0) is 19.8 Å². The minimum Gasteiger partial charge on any atom is -0.249 e. The molecular formula is C15H28O6. The molecular weight excluding hydrogens is 276 g/mol. The van der Waals surface area contributed by atoms with Crippen LogP contribution < -0.4 is 0 Å². The summed E-state index contributed by atoms with van der Waals surface area (Å²) in [7, 11) is 0. The fourth-order valence-electron chi connectivity index (χ4n) is 2.81. The Hall–Kier alpha value is -0.240. The van der Waals surface area contributed by atoms with Crippen LogP contribution in [-0.4, -0.2) is 23.4 Å². The van der Waals surface area contributed by atoms with Crippen LogP contribution in [0.5, 0.6) is 0 Å². The fraction of sp³-hybridized carbons (Fsp3) is 1.00. The van der Waals surface area contributed by atoms with Crippen molar-refractivity contribution >= 4 is 0 Å². The van der Waals surface area contributed by atoms with Gasteiger partial charge in [-0.2, -0.15) is 19.6 Å². The highest BCUT2D eigenvalue weighted by Gasteiger charge is 2.43. The van der Waals surface area contributed by atoms with E-state index in [-0.39, 0.29) is 6.61 Å². The highest BCUT2D eigenvalue weighted by Crippen LogP contribution is 2.34. The maximum atomic E-state index is 8.87. The van der Waals surface area contributed by atoms with Crippen molar-refractivity contribution in [2.24, 2.45) is 0 Å². The van der Waals surface area contributed by atoms with E-state index >= 15 is 0 Å². The molecule has 1 aliphatic heterocycles. The van der Waals surface area contributed by atoms with Crippen LogP contribution in [0.25, 0.3) is 0 Å². The second kappa shape index (κ2) is 8.41. The summed E-state index contributed by atoms with van der Waals surface area (Å²) >= 11 is 0. The second-order valence-electron chi connectivity index (χ2n) is 6.33. The summed E-state index contributed by atoms with van der Waals surface area (Å²) in [5.74, 6) is -2.25. The highest BCUT2D eigenvalue weighted by atomic mass is 17.4. The molecule has 1 saturated carbocycles. The lowest BCUT2D eigenvalue weighted by atomic mass is 9.97. The van der Waals surface area contributed by atoms with Crippen LogP contribution in [0.15, 0.2) is 0 Å². The molecule has 124 valence electrons. The fourth-order valence-corrected chi connectivity index (χ4v) is 2.81. The van der Waals surface area contributed by atoms with E-state index in [0.717, 1.165) is 25.7 Å². The summed E-state index contributed by atoms with van der Waals surface area (Å²) < 4.78 is 0. The zero-order valence-corrected chi connectivity index (χ0v) is 13.0. The van der Waals surface area contributed by atoms with E-state index < -0.39 is 11.6 Å². The number of rotatable bonds is 1. The quantitative estimate of drug-likeness (QED) is 0.581. The van der Waals surface area contributed by atoms with Crippen molar-refractivity contribution in [3.8, 4) is 0 Å². The van der Waals surface area contributed by atoms with E-state index in [0.29, 0.717) is 12.8 Å². The summed E-state index contributed by atoms with van der Waals surface area (Å²) in [6.07, 6.45) is 12.2. The third kappa shape index (κ3) is 5.47. The molecule has 1 N–H and O–H groups in total. The normalized spacial score (nSPS) is 32.9. The molecule has 2 fully saturated rings. The van der Waals surface area contributed by atoms with Crippen molar-refractivity contribution in [1.82, 2.24) is 0 Å². The summed E-state index contributed by atoms with van der Waals surface area (Å²) in [6, 6.07) is 0. The zero-order chi connectivity index (χ0) is 15.0. The topological polar surface area (TPSA) is 66.4 Å². The molecule has 6 nitrogen and oxygen atoms in total. The lowest BCUT2D eigenvalue weighted by Crippen LogP contribution is -2.38. The molecule has 1 heterocycles. The van der Waals surface area contributed by atoms with Crippen molar-refractivity contribution in [1.29, 1.82) is 0 Å². The van der Waals surface area contributed by atoms with E-state index in [9.17, 15) is 0 Å². The lowest BCUT2D eigenvalue weighted by molar-refractivity contribution is -0.531. The standard InChI is InChI=1S/C15H28O6/c1-14(18-16)13-17-20-15(21-19-14)11-9-7-5-3-2-4-6-8-10-12-15/h16H,2-13H2,1H3. The minimum absolute atomic E-state index is 0.0503. The summed E-state index contributed by atoms with van der Waals surface area (Å²) in [5.41, 5.74) is 0. The van der Waals surface area contributed by atoms with Gasteiger partial charge in [0.05, 0.1) is 0 Å². The van der Waals surface area contributed by atoms with Gasteiger partial charge in [0.2, 0.25) is 5.79 Å². The predicted octanol–water partition coefficient (Wildman–Crippen LogP) is 4.10. The maximum Gasteiger partial charge on any atom is 0.257 e. The second-order valence-corrected chi connectivity index (χ2v) is 6.33. The van der Waals surface area contributed by atoms with E-state index in [4.69, 9.17) is 24.8 Å². The van der Waals surface area contributed by atoms with Gasteiger partial charge in [0.15, 0.2) is 0 Å². The number of hydrogen-bond acceptors (Lipinski definition) is 6. The van der Waals surface area contributed by atoms with Crippen LogP contribution in [0.4, 0.5) is 0 Å². The van der Waals surface area contributed by atoms with Crippen LogP contribution >= 0.6 is 0 Å². The van der Waals surface area contributed by atoms with Gasteiger partial charge in [-0.3, -0.25) is 0 Å². The lowest BCUT2D eigenvalue weighted by Gasteiger charge is -2.29. The number of hydrogen-bond donors (Lipinski definition) is 1. The molecule has 2 rings (SSSR count). The monoisotopic (exact) mass is 304 g/mol. The van der Waals surface area contributed by atoms with Crippen LogP contribution in [-0.2, 0) is 24.4 Å². The Morgan fingerprint density at radius 2 is 1.29 bits per heavy atom. The Morgan fingerprint density at radius 1 is 0.762 bits per heavy atom. The van der Waals surface area contributed by atoms with Crippen molar-refractivity contribution in [3.63, 3.8) is 0 Å². The summed E-state index contributed by atoms with van der Waals surface area (Å²) in [5, 5.41) is 8.87. The SMILES string of the molecule is CC1(OO)COOC2(CCCCCCCCCCC2)OO1. The van der Waals surface area contributed by atoms with Gasteiger partial charge in [0.25, 0.3) is 5.79 Å². The van der Waals surface area contributed by atoms with E-state index in [1.807, 2.05) is 0 Å². The third-order valence-electron chi connectivity index (χ3n) is 4.21. The van der Waals surface area contributed by atoms with Crippen LogP contribution in [0.1, 0.15) is 77.6 Å². The molecule has 0 aromatic rings. The zero-order valence-electron chi connectivity index (χ0n) is 13.0. The average molecular weight is 304 g/mol. The van der Waals surface area contributed by atoms with Gasteiger partial charge < -0.3 is 0 Å². The molecule has 1 saturated heterocycles. The third-order valence-corrected chi connectivity index (χ3v) is 4.21. The molecule has 0 aromatic heterocycles. The van der Waals surface area contributed by atoms with Crippen molar-refractivity contribution < 1.29 is 29.7 Å². The first-order chi connectivity index (χ1) is 10.2. The molecule has 0 radical (unpaired) electrons. The molecule has 1 aliphatic carbocycles. The Labute approximate surface area is 126 Å². The van der Waals surface area contributed by atoms with E-state index in [2.05, 4.69) is 4.89 Å². The molecule has 1 spiro atoms. The first kappa shape index (κ1) is 17.1. The first-order valence-electron chi connectivity index (χ1n) is 8.18. The Bertz CT molecular complexity index is 286. The molecule has 0 aromatic carbocycles. The maximum absolute atomic E-state index is 8.87. The minimum atomic E-state index is -1.35.